The van der Waals surface area contributed by atoms with Gasteiger partial charge in [0.05, 0.1) is 15.6 Å². The Morgan fingerprint density at radius 3 is 2.84 bits per heavy atom. The molecule has 1 unspecified atom stereocenters. The van der Waals surface area contributed by atoms with Gasteiger partial charge in [0, 0.05) is 18.0 Å². The summed E-state index contributed by atoms with van der Waals surface area (Å²) < 4.78 is 6.10. The first-order valence-electron chi connectivity index (χ1n) is 6.51. The number of fused-ring (bicyclic) bond motifs is 3. The van der Waals surface area contributed by atoms with Crippen LogP contribution in [-0.2, 0) is 12.0 Å². The Hall–Kier alpha value is -1.39. The summed E-state index contributed by atoms with van der Waals surface area (Å²) in [5.74, 6) is 0.914. The van der Waals surface area contributed by atoms with E-state index in [2.05, 4.69) is 19.9 Å². The Balaban J connectivity index is 2.15. The monoisotopic (exact) mass is 274 g/mol. The quantitative estimate of drug-likeness (QED) is 0.913. The van der Waals surface area contributed by atoms with Gasteiger partial charge in [0.25, 0.3) is 0 Å². The molecule has 1 aromatic carbocycles. The van der Waals surface area contributed by atoms with Crippen LogP contribution < -0.4 is 10.5 Å². The molecule has 2 heterocycles. The molecule has 0 radical (unpaired) electrons. The minimum absolute atomic E-state index is 0.131. The number of aromatic nitrogens is 1. The molecule has 0 fully saturated rings. The van der Waals surface area contributed by atoms with Crippen LogP contribution in [0, 0.1) is 0 Å². The van der Waals surface area contributed by atoms with Crippen molar-refractivity contribution in [3.05, 3.63) is 34.2 Å². The van der Waals surface area contributed by atoms with Gasteiger partial charge in [0.15, 0.2) is 0 Å². The third-order valence-corrected chi connectivity index (χ3v) is 4.60. The van der Waals surface area contributed by atoms with Gasteiger partial charge >= 0.3 is 0 Å². The normalized spacial score (nSPS) is 17.3. The van der Waals surface area contributed by atoms with Crippen LogP contribution in [0.5, 0.6) is 5.75 Å². The van der Waals surface area contributed by atoms with Crippen LogP contribution in [0.3, 0.4) is 0 Å². The molecule has 1 aliphatic heterocycles. The lowest BCUT2D eigenvalue weighted by atomic mass is 9.97. The molecule has 2 aromatic rings. The van der Waals surface area contributed by atoms with E-state index in [4.69, 9.17) is 15.5 Å². The van der Waals surface area contributed by atoms with E-state index in [1.807, 2.05) is 25.1 Å². The van der Waals surface area contributed by atoms with Gasteiger partial charge in [-0.3, -0.25) is 0 Å². The molecule has 0 bridgehead atoms. The van der Waals surface area contributed by atoms with Gasteiger partial charge in [-0.1, -0.05) is 12.1 Å². The molecule has 0 amide bonds. The van der Waals surface area contributed by atoms with Crippen LogP contribution in [0.15, 0.2) is 24.3 Å². The average molecular weight is 274 g/mol. The maximum atomic E-state index is 6.10. The van der Waals surface area contributed by atoms with E-state index >= 15 is 0 Å². The van der Waals surface area contributed by atoms with Crippen LogP contribution in [-0.4, -0.2) is 11.0 Å². The highest BCUT2D eigenvalue weighted by Crippen LogP contribution is 2.47. The maximum absolute atomic E-state index is 6.10. The van der Waals surface area contributed by atoms with Crippen molar-refractivity contribution in [3.8, 4) is 17.0 Å². The zero-order chi connectivity index (χ0) is 13.6. The van der Waals surface area contributed by atoms with E-state index in [1.165, 1.54) is 4.88 Å². The van der Waals surface area contributed by atoms with Crippen molar-refractivity contribution in [2.75, 3.05) is 0 Å². The van der Waals surface area contributed by atoms with Gasteiger partial charge < -0.3 is 10.5 Å². The van der Waals surface area contributed by atoms with Crippen molar-refractivity contribution in [2.45, 2.75) is 38.8 Å². The molecule has 0 spiro atoms. The van der Waals surface area contributed by atoms with E-state index in [1.54, 1.807) is 11.3 Å². The third-order valence-electron chi connectivity index (χ3n) is 3.22. The molecule has 3 rings (SSSR count). The first kappa shape index (κ1) is 12.6. The molecule has 100 valence electrons. The molecule has 1 aliphatic rings. The zero-order valence-electron chi connectivity index (χ0n) is 11.4. The molecular weight excluding hydrogens is 256 g/mol. The summed E-state index contributed by atoms with van der Waals surface area (Å²) in [4.78, 5) is 5.98. The number of thiazole rings is 1. The summed E-state index contributed by atoms with van der Waals surface area (Å²) in [5, 5.41) is 1.09. The lowest BCUT2D eigenvalue weighted by Crippen LogP contribution is -2.27. The molecule has 0 saturated carbocycles. The third kappa shape index (κ3) is 2.15. The highest BCUT2D eigenvalue weighted by Gasteiger charge is 2.35. The molecule has 4 heteroatoms. The van der Waals surface area contributed by atoms with E-state index in [0.29, 0.717) is 0 Å². The van der Waals surface area contributed by atoms with E-state index < -0.39 is 0 Å². The fourth-order valence-corrected chi connectivity index (χ4v) is 3.65. The number of hydrogen-bond donors (Lipinski definition) is 1. The summed E-state index contributed by atoms with van der Waals surface area (Å²) in [6, 6.07) is 8.22. The fourth-order valence-electron chi connectivity index (χ4n) is 2.39. The highest BCUT2D eigenvalue weighted by atomic mass is 32.1. The highest BCUT2D eigenvalue weighted by molar-refractivity contribution is 7.12. The maximum Gasteiger partial charge on any atom is 0.140 e. The van der Waals surface area contributed by atoms with Crippen molar-refractivity contribution in [1.29, 1.82) is 0 Å². The van der Waals surface area contributed by atoms with Crippen LogP contribution in [0.4, 0.5) is 0 Å². The van der Waals surface area contributed by atoms with Crippen molar-refractivity contribution in [2.24, 2.45) is 5.73 Å². The van der Waals surface area contributed by atoms with Gasteiger partial charge in [0.2, 0.25) is 0 Å². The Morgan fingerprint density at radius 2 is 2.11 bits per heavy atom. The summed E-state index contributed by atoms with van der Waals surface area (Å²) in [7, 11) is 0. The van der Waals surface area contributed by atoms with Crippen LogP contribution >= 0.6 is 11.3 Å². The van der Waals surface area contributed by atoms with Crippen LogP contribution in [0.1, 0.15) is 30.7 Å². The second-order valence-electron chi connectivity index (χ2n) is 5.58. The van der Waals surface area contributed by atoms with Gasteiger partial charge in [0.1, 0.15) is 11.4 Å². The number of nitrogens with two attached hydrogens (primary N) is 1. The Kier molecular flexibility index (Phi) is 2.87. The first-order chi connectivity index (χ1) is 8.97. The lowest BCUT2D eigenvalue weighted by molar-refractivity contribution is 0.109. The molecule has 0 saturated heterocycles. The number of para-hydroxylation sites is 1. The van der Waals surface area contributed by atoms with Gasteiger partial charge in [-0.25, -0.2) is 4.98 Å². The summed E-state index contributed by atoms with van der Waals surface area (Å²) >= 11 is 1.72. The molecular formula is C15H18N2OS. The van der Waals surface area contributed by atoms with Crippen molar-refractivity contribution < 1.29 is 4.74 Å². The second kappa shape index (κ2) is 4.32. The Bertz CT molecular complexity index is 616. The Labute approximate surface area is 117 Å². The molecule has 2 N–H and O–H groups in total. The molecule has 1 aromatic heterocycles. The topological polar surface area (TPSA) is 48.1 Å². The molecule has 19 heavy (non-hydrogen) atoms. The van der Waals surface area contributed by atoms with Gasteiger partial charge in [-0.15, -0.1) is 11.3 Å². The van der Waals surface area contributed by atoms with E-state index in [0.717, 1.165) is 28.4 Å². The van der Waals surface area contributed by atoms with Crippen LogP contribution in [0.2, 0.25) is 0 Å². The van der Waals surface area contributed by atoms with Gasteiger partial charge in [-0.2, -0.15) is 0 Å². The molecule has 0 aliphatic carbocycles. The first-order valence-corrected chi connectivity index (χ1v) is 7.33. The molecule has 1 atom stereocenters. The minimum atomic E-state index is -0.322. The number of benzene rings is 1. The summed E-state index contributed by atoms with van der Waals surface area (Å²) in [6.07, 6.45) is 0.815. The van der Waals surface area contributed by atoms with E-state index in [-0.39, 0.29) is 11.6 Å². The SMILES string of the molecule is CC(N)Cc1nc2c(s1)C(C)(C)Oc1ccccc1-2. The minimum Gasteiger partial charge on any atom is -0.482 e. The van der Waals surface area contributed by atoms with E-state index in [9.17, 15) is 0 Å². The predicted molar refractivity (Wildman–Crippen MR) is 78.6 cm³/mol. The van der Waals surface area contributed by atoms with Crippen molar-refractivity contribution in [3.63, 3.8) is 0 Å². The largest absolute Gasteiger partial charge is 0.482 e. The van der Waals surface area contributed by atoms with Crippen molar-refractivity contribution in [1.82, 2.24) is 4.98 Å². The number of nitrogens with zero attached hydrogens (tertiary/aromatic N) is 1. The summed E-state index contributed by atoms with van der Waals surface area (Å²) in [6.45, 7) is 6.20. The van der Waals surface area contributed by atoms with Crippen LogP contribution in [0.25, 0.3) is 11.3 Å². The lowest BCUT2D eigenvalue weighted by Gasteiger charge is -2.31. The number of rotatable bonds is 2. The number of hydrogen-bond acceptors (Lipinski definition) is 4. The standard InChI is InChI=1S/C15H18N2OS/c1-9(16)8-12-17-13-10-6-4-5-7-11(10)18-15(2,3)14(13)19-12/h4-7,9H,8,16H2,1-3H3. The second-order valence-corrected chi connectivity index (χ2v) is 6.66. The number of ether oxygens (including phenoxy) is 1. The smallest absolute Gasteiger partial charge is 0.140 e. The average Bonchev–Trinajstić information content (AvgIpc) is 2.72. The summed E-state index contributed by atoms with van der Waals surface area (Å²) in [5.41, 5.74) is 7.71. The van der Waals surface area contributed by atoms with Gasteiger partial charge in [-0.05, 0) is 32.9 Å². The molecule has 3 nitrogen and oxygen atoms in total. The zero-order valence-corrected chi connectivity index (χ0v) is 12.3. The Morgan fingerprint density at radius 1 is 1.37 bits per heavy atom. The van der Waals surface area contributed by atoms with Crippen molar-refractivity contribution >= 4 is 11.3 Å². The predicted octanol–water partition coefficient (Wildman–Crippen LogP) is 3.33. The fraction of sp³-hybridized carbons (Fsp3) is 0.400.